The molecule has 0 fully saturated rings. The first-order chi connectivity index (χ1) is 12.7. The lowest BCUT2D eigenvalue weighted by atomic mass is 9.95. The maximum atomic E-state index is 12.2. The fourth-order valence-corrected chi connectivity index (χ4v) is 2.90. The number of esters is 1. The highest BCUT2D eigenvalue weighted by Crippen LogP contribution is 2.16. The van der Waals surface area contributed by atoms with Crippen LogP contribution in [0.25, 0.3) is 0 Å². The highest BCUT2D eigenvalue weighted by Gasteiger charge is 2.17. The Labute approximate surface area is 154 Å². The summed E-state index contributed by atoms with van der Waals surface area (Å²) in [4.78, 5) is 12.2. The molecule has 132 valence electrons. The van der Waals surface area contributed by atoms with Crippen LogP contribution in [0.4, 0.5) is 0 Å². The first-order valence-corrected chi connectivity index (χ1v) is 8.79. The molecule has 26 heavy (non-hydrogen) atoms. The van der Waals surface area contributed by atoms with Crippen LogP contribution in [0, 0.1) is 0 Å². The van der Waals surface area contributed by atoms with Crippen LogP contribution in [0.2, 0.25) is 0 Å². The zero-order valence-electron chi connectivity index (χ0n) is 14.7. The van der Waals surface area contributed by atoms with Crippen molar-refractivity contribution in [1.82, 2.24) is 0 Å². The standard InChI is InChI=1S/C23H23NO2/c24-22(23(25)26-17-19-11-5-2-6-12-19)16-21-14-8-7-13-20(21)15-18-9-3-1-4-10-18/h1-14,22H,15-17,24H2/t22-/m0/s1. The van der Waals surface area contributed by atoms with E-state index in [-0.39, 0.29) is 12.6 Å². The smallest absolute Gasteiger partial charge is 0.323 e. The molecule has 0 saturated heterocycles. The average Bonchev–Trinajstić information content (AvgIpc) is 2.69. The van der Waals surface area contributed by atoms with Gasteiger partial charge in [0.05, 0.1) is 0 Å². The Hall–Kier alpha value is -2.91. The van der Waals surface area contributed by atoms with Gasteiger partial charge in [0.15, 0.2) is 0 Å². The summed E-state index contributed by atoms with van der Waals surface area (Å²) in [7, 11) is 0. The number of rotatable bonds is 7. The summed E-state index contributed by atoms with van der Waals surface area (Å²) in [6.45, 7) is 0.249. The largest absolute Gasteiger partial charge is 0.460 e. The van der Waals surface area contributed by atoms with Crippen LogP contribution >= 0.6 is 0 Å². The first kappa shape index (κ1) is 17.9. The van der Waals surface area contributed by atoms with Gasteiger partial charge in [-0.1, -0.05) is 84.9 Å². The summed E-state index contributed by atoms with van der Waals surface area (Å²) in [5.74, 6) is -0.372. The third kappa shape index (κ3) is 5.04. The van der Waals surface area contributed by atoms with E-state index in [0.717, 1.165) is 17.5 Å². The van der Waals surface area contributed by atoms with E-state index in [0.29, 0.717) is 6.42 Å². The van der Waals surface area contributed by atoms with Crippen molar-refractivity contribution in [3.63, 3.8) is 0 Å². The van der Waals surface area contributed by atoms with Gasteiger partial charge in [0, 0.05) is 0 Å². The number of ether oxygens (including phenoxy) is 1. The zero-order chi connectivity index (χ0) is 18.2. The molecule has 0 radical (unpaired) electrons. The summed E-state index contributed by atoms with van der Waals surface area (Å²) >= 11 is 0. The van der Waals surface area contributed by atoms with Crippen LogP contribution in [0.15, 0.2) is 84.9 Å². The van der Waals surface area contributed by atoms with Crippen molar-refractivity contribution >= 4 is 5.97 Å². The van der Waals surface area contributed by atoms with Crippen LogP contribution < -0.4 is 5.73 Å². The second-order valence-corrected chi connectivity index (χ2v) is 6.34. The number of hydrogen-bond acceptors (Lipinski definition) is 3. The minimum absolute atomic E-state index is 0.249. The SMILES string of the molecule is N[C@@H](Cc1ccccc1Cc1ccccc1)C(=O)OCc1ccccc1. The molecule has 0 saturated carbocycles. The number of carbonyl (C=O) groups excluding carboxylic acids is 1. The topological polar surface area (TPSA) is 52.3 Å². The normalized spacial score (nSPS) is 11.7. The summed E-state index contributed by atoms with van der Waals surface area (Å²) in [5.41, 5.74) is 10.6. The van der Waals surface area contributed by atoms with Crippen LogP contribution in [-0.4, -0.2) is 12.0 Å². The van der Waals surface area contributed by atoms with Gasteiger partial charge in [-0.25, -0.2) is 0 Å². The van der Waals surface area contributed by atoms with E-state index in [1.165, 1.54) is 11.1 Å². The molecule has 3 heteroatoms. The van der Waals surface area contributed by atoms with Crippen molar-refractivity contribution in [2.45, 2.75) is 25.5 Å². The maximum absolute atomic E-state index is 12.2. The third-order valence-corrected chi connectivity index (χ3v) is 4.32. The molecule has 3 nitrogen and oxygen atoms in total. The van der Waals surface area contributed by atoms with Crippen LogP contribution in [0.5, 0.6) is 0 Å². The fourth-order valence-electron chi connectivity index (χ4n) is 2.90. The Morgan fingerprint density at radius 2 is 1.31 bits per heavy atom. The molecule has 3 aromatic carbocycles. The quantitative estimate of drug-likeness (QED) is 0.661. The Kier molecular flexibility index (Phi) is 6.18. The molecule has 3 aromatic rings. The molecule has 0 heterocycles. The second-order valence-electron chi connectivity index (χ2n) is 6.34. The van der Waals surface area contributed by atoms with Crippen molar-refractivity contribution in [2.75, 3.05) is 0 Å². The lowest BCUT2D eigenvalue weighted by Crippen LogP contribution is -2.34. The van der Waals surface area contributed by atoms with Crippen LogP contribution in [0.1, 0.15) is 22.3 Å². The first-order valence-electron chi connectivity index (χ1n) is 8.79. The lowest BCUT2D eigenvalue weighted by molar-refractivity contribution is -0.146. The molecule has 0 aliphatic rings. The van der Waals surface area contributed by atoms with E-state index in [1.54, 1.807) is 0 Å². The molecule has 0 bridgehead atoms. The van der Waals surface area contributed by atoms with Crippen molar-refractivity contribution in [3.05, 3.63) is 107 Å². The number of carbonyl (C=O) groups is 1. The van der Waals surface area contributed by atoms with Crippen LogP contribution in [-0.2, 0) is 29.0 Å². The fraction of sp³-hybridized carbons (Fsp3) is 0.174. The van der Waals surface area contributed by atoms with E-state index in [2.05, 4.69) is 18.2 Å². The summed E-state index contributed by atoms with van der Waals surface area (Å²) < 4.78 is 5.36. The Bertz CT molecular complexity index is 831. The predicted octanol–water partition coefficient (Wildman–Crippen LogP) is 3.89. The van der Waals surface area contributed by atoms with Crippen molar-refractivity contribution in [2.24, 2.45) is 5.73 Å². The molecular formula is C23H23NO2. The predicted molar refractivity (Wildman–Crippen MR) is 104 cm³/mol. The van der Waals surface area contributed by atoms with Gasteiger partial charge < -0.3 is 10.5 Å². The second kappa shape index (κ2) is 8.97. The molecule has 0 spiro atoms. The third-order valence-electron chi connectivity index (χ3n) is 4.32. The van der Waals surface area contributed by atoms with Gasteiger partial charge in [0.1, 0.15) is 12.6 Å². The minimum Gasteiger partial charge on any atom is -0.460 e. The Balaban J connectivity index is 1.61. The molecule has 2 N–H and O–H groups in total. The molecule has 0 aliphatic carbocycles. The van der Waals surface area contributed by atoms with E-state index in [1.807, 2.05) is 66.7 Å². The maximum Gasteiger partial charge on any atom is 0.323 e. The highest BCUT2D eigenvalue weighted by atomic mass is 16.5. The van der Waals surface area contributed by atoms with Gasteiger partial charge >= 0.3 is 5.97 Å². The van der Waals surface area contributed by atoms with Gasteiger partial charge in [0.2, 0.25) is 0 Å². The molecule has 1 atom stereocenters. The number of nitrogens with two attached hydrogens (primary N) is 1. The number of hydrogen-bond donors (Lipinski definition) is 1. The molecule has 0 unspecified atom stereocenters. The van der Waals surface area contributed by atoms with Gasteiger partial charge in [-0.3, -0.25) is 4.79 Å². The van der Waals surface area contributed by atoms with Crippen LogP contribution in [0.3, 0.4) is 0 Å². The van der Waals surface area contributed by atoms with Gasteiger partial charge in [-0.2, -0.15) is 0 Å². The van der Waals surface area contributed by atoms with Crippen molar-refractivity contribution in [1.29, 1.82) is 0 Å². The highest BCUT2D eigenvalue weighted by molar-refractivity contribution is 5.76. The summed E-state index contributed by atoms with van der Waals surface area (Å²) in [5, 5.41) is 0. The van der Waals surface area contributed by atoms with Gasteiger partial charge in [-0.15, -0.1) is 0 Å². The Morgan fingerprint density at radius 3 is 1.96 bits per heavy atom. The van der Waals surface area contributed by atoms with E-state index in [4.69, 9.17) is 10.5 Å². The van der Waals surface area contributed by atoms with Crippen molar-refractivity contribution < 1.29 is 9.53 Å². The molecule has 0 amide bonds. The Morgan fingerprint density at radius 1 is 0.769 bits per heavy atom. The average molecular weight is 345 g/mol. The minimum atomic E-state index is -0.671. The lowest BCUT2D eigenvalue weighted by Gasteiger charge is -2.15. The molecule has 0 aliphatic heterocycles. The van der Waals surface area contributed by atoms with E-state index in [9.17, 15) is 4.79 Å². The van der Waals surface area contributed by atoms with E-state index < -0.39 is 6.04 Å². The summed E-state index contributed by atoms with van der Waals surface area (Å²) in [6, 6.07) is 27.3. The zero-order valence-corrected chi connectivity index (χ0v) is 14.7. The van der Waals surface area contributed by atoms with Crippen molar-refractivity contribution in [3.8, 4) is 0 Å². The summed E-state index contributed by atoms with van der Waals surface area (Å²) in [6.07, 6.45) is 1.29. The van der Waals surface area contributed by atoms with Gasteiger partial charge in [0.25, 0.3) is 0 Å². The molecular weight excluding hydrogens is 322 g/mol. The monoisotopic (exact) mass is 345 g/mol. The number of benzene rings is 3. The van der Waals surface area contributed by atoms with Gasteiger partial charge in [-0.05, 0) is 35.1 Å². The molecule has 3 rings (SSSR count). The van der Waals surface area contributed by atoms with E-state index >= 15 is 0 Å². The molecule has 0 aromatic heterocycles.